The summed E-state index contributed by atoms with van der Waals surface area (Å²) in [7, 11) is 0. The van der Waals surface area contributed by atoms with Gasteiger partial charge in [0.15, 0.2) is 12.6 Å². The van der Waals surface area contributed by atoms with E-state index < -0.39 is 73.1 Å². The number of carbonyl (C=O) groups is 3. The van der Waals surface area contributed by atoms with E-state index >= 15 is 0 Å². The lowest BCUT2D eigenvalue weighted by atomic mass is 9.93. The molecule has 3 aliphatic rings. The molecule has 6 aromatic rings. The summed E-state index contributed by atoms with van der Waals surface area (Å²) >= 11 is 0. The molecule has 0 aliphatic carbocycles. The lowest BCUT2D eigenvalue weighted by Crippen LogP contribution is -2.70. The predicted molar refractivity (Wildman–Crippen MR) is 274 cm³/mol. The summed E-state index contributed by atoms with van der Waals surface area (Å²) in [6, 6.07) is 52.8. The topological polar surface area (TPSA) is 150 Å². The lowest BCUT2D eigenvalue weighted by molar-refractivity contribution is -0.348. The monoisotopic (exact) mass is 1000 g/mol. The Morgan fingerprint density at radius 3 is 1.38 bits per heavy atom. The third kappa shape index (κ3) is 13.2. The first-order chi connectivity index (χ1) is 36.3. The van der Waals surface area contributed by atoms with Crippen molar-refractivity contribution in [1.82, 2.24) is 10.2 Å². The molecule has 0 aromatic heterocycles. The Kier molecular flexibility index (Phi) is 18.3. The van der Waals surface area contributed by atoms with Gasteiger partial charge < -0.3 is 47.9 Å². The van der Waals surface area contributed by atoms with E-state index in [2.05, 4.69) is 11.9 Å². The average Bonchev–Trinajstić information content (AvgIpc) is 3.70. The molecule has 0 saturated carbocycles. The number of ether oxygens (including phenoxy) is 9. The van der Waals surface area contributed by atoms with Crippen molar-refractivity contribution in [2.45, 2.75) is 101 Å². The molecule has 3 amide bonds. The van der Waals surface area contributed by atoms with Gasteiger partial charge in [0.2, 0.25) is 5.91 Å². The molecule has 6 aromatic carbocycles. The molecule has 0 radical (unpaired) electrons. The van der Waals surface area contributed by atoms with Crippen LogP contribution in [0.3, 0.4) is 0 Å². The third-order valence-corrected chi connectivity index (χ3v) is 13.1. The van der Waals surface area contributed by atoms with Crippen LogP contribution < -0.4 is 5.32 Å². The minimum absolute atomic E-state index is 0.0145. The van der Waals surface area contributed by atoms with E-state index in [0.29, 0.717) is 0 Å². The first kappa shape index (κ1) is 52.2. The fraction of sp³-hybridized carbons (Fsp3) is 0.317. The molecule has 14 heteroatoms. The maximum absolute atomic E-state index is 14.9. The van der Waals surface area contributed by atoms with E-state index in [0.717, 1.165) is 27.8 Å². The van der Waals surface area contributed by atoms with Crippen LogP contribution in [0.25, 0.3) is 0 Å². The van der Waals surface area contributed by atoms with Gasteiger partial charge in [-0.1, -0.05) is 170 Å². The van der Waals surface area contributed by atoms with Gasteiger partial charge in [0.05, 0.1) is 64.0 Å². The summed E-state index contributed by atoms with van der Waals surface area (Å²) in [5, 5.41) is 3.03. The van der Waals surface area contributed by atoms with Gasteiger partial charge in [-0.3, -0.25) is 19.3 Å². The second-order valence-electron chi connectivity index (χ2n) is 18.3. The Morgan fingerprint density at radius 1 is 0.514 bits per heavy atom. The summed E-state index contributed by atoms with van der Waals surface area (Å²) in [6.45, 7) is 6.13. The van der Waals surface area contributed by atoms with Crippen LogP contribution >= 0.6 is 0 Å². The third-order valence-electron chi connectivity index (χ3n) is 13.1. The normalized spacial score (nSPS) is 24.6. The number of fused-ring (bicyclic) bond motifs is 1. The fourth-order valence-corrected chi connectivity index (χ4v) is 9.57. The predicted octanol–water partition coefficient (Wildman–Crippen LogP) is 8.38. The van der Waals surface area contributed by atoms with Crippen molar-refractivity contribution in [2.24, 2.45) is 0 Å². The number of hydrogen-bond donors (Lipinski definition) is 1. The van der Waals surface area contributed by atoms with E-state index in [1.807, 2.05) is 152 Å². The Balaban J connectivity index is 1.15. The molecule has 0 bridgehead atoms. The van der Waals surface area contributed by atoms with Gasteiger partial charge in [0.25, 0.3) is 11.8 Å². The molecular formula is C60H62N2O12. The van der Waals surface area contributed by atoms with Crippen LogP contribution in [0.5, 0.6) is 0 Å². The number of carbonyl (C=O) groups excluding carboxylic acids is 3. The van der Waals surface area contributed by atoms with E-state index in [1.165, 1.54) is 11.8 Å². The fourth-order valence-electron chi connectivity index (χ4n) is 9.57. The second-order valence-corrected chi connectivity index (χ2v) is 18.3. The molecule has 9 rings (SSSR count). The molecule has 14 nitrogen and oxygen atoms in total. The molecule has 1 N–H and O–H groups in total. The summed E-state index contributed by atoms with van der Waals surface area (Å²) in [6.07, 6.45) is -7.02. The second kappa shape index (κ2) is 26.0. The van der Waals surface area contributed by atoms with Crippen LogP contribution in [-0.4, -0.2) is 104 Å². The van der Waals surface area contributed by atoms with E-state index in [4.69, 9.17) is 42.6 Å². The minimum Gasteiger partial charge on any atom is -0.374 e. The molecule has 2 fully saturated rings. The number of amides is 3. The van der Waals surface area contributed by atoms with E-state index in [9.17, 15) is 14.4 Å². The van der Waals surface area contributed by atoms with Gasteiger partial charge in [-0.2, -0.15) is 0 Å². The van der Waals surface area contributed by atoms with Gasteiger partial charge in [0, 0.05) is 6.92 Å². The van der Waals surface area contributed by atoms with Crippen molar-refractivity contribution in [3.8, 4) is 0 Å². The average molecular weight is 1000 g/mol. The molecule has 2 saturated heterocycles. The van der Waals surface area contributed by atoms with Crippen LogP contribution in [0.4, 0.5) is 0 Å². The number of nitrogens with one attached hydrogen (secondary N) is 1. The maximum atomic E-state index is 14.9. The number of imide groups is 1. The molecule has 3 heterocycles. The highest BCUT2D eigenvalue weighted by molar-refractivity contribution is 6.21. The van der Waals surface area contributed by atoms with Gasteiger partial charge in [-0.15, -0.1) is 6.58 Å². The SMILES string of the molecule is C=CCO[C@@H]1[C@@H](NC(C)=O)[C@@H](OCc2ccccc2)O[C@H](COCc2ccccc2)[C@H]1O[C@@H]1O[C@H](COCc2ccccc2)[C@@H](OCc2ccccc2)[C@H](OCc2ccccc2)[C@H]1N1C(=O)c2ccccc2C1=O. The minimum atomic E-state index is -1.46. The van der Waals surface area contributed by atoms with Gasteiger partial charge >= 0.3 is 0 Å². The maximum Gasteiger partial charge on any atom is 0.262 e. The summed E-state index contributed by atoms with van der Waals surface area (Å²) < 4.78 is 61.4. The van der Waals surface area contributed by atoms with Gasteiger partial charge in [-0.05, 0) is 39.9 Å². The van der Waals surface area contributed by atoms with Crippen LogP contribution in [0.15, 0.2) is 189 Å². The van der Waals surface area contributed by atoms with Crippen molar-refractivity contribution < 1.29 is 57.0 Å². The van der Waals surface area contributed by atoms with Crippen molar-refractivity contribution in [3.63, 3.8) is 0 Å². The van der Waals surface area contributed by atoms with E-state index in [1.54, 1.807) is 30.3 Å². The largest absolute Gasteiger partial charge is 0.374 e. The van der Waals surface area contributed by atoms with Crippen LogP contribution in [0.1, 0.15) is 55.5 Å². The number of benzene rings is 6. The standard InChI is InChI=1S/C60H62N2O12/c1-3-33-68-55-51(61-41(2)63)59(71-38-46-29-17-8-18-30-46)72-50(40-67-35-43-23-11-5-12-24-43)54(55)74-60-52(62-57(64)47-31-19-20-32-48(47)58(62)65)56(70-37-45-27-15-7-16-28-45)53(69-36-44-25-13-6-14-26-44)49(73-60)39-66-34-42-21-9-4-10-22-42/h3-32,49-56,59-60H,1,33-40H2,2H3,(H,61,63)/t49-,50-,51-,52-,53-,54-,55-,56-,59+,60+/m1/s1. The zero-order valence-corrected chi connectivity index (χ0v) is 41.3. The van der Waals surface area contributed by atoms with Crippen molar-refractivity contribution >= 4 is 17.7 Å². The van der Waals surface area contributed by atoms with Crippen molar-refractivity contribution in [2.75, 3.05) is 19.8 Å². The Bertz CT molecular complexity index is 2680. The first-order valence-electron chi connectivity index (χ1n) is 25.0. The molecular weight excluding hydrogens is 941 g/mol. The molecule has 3 aliphatic heterocycles. The van der Waals surface area contributed by atoms with Crippen molar-refractivity contribution in [3.05, 3.63) is 228 Å². The Hall–Kier alpha value is -6.69. The van der Waals surface area contributed by atoms with Gasteiger partial charge in [0.1, 0.15) is 48.7 Å². The number of hydrogen-bond acceptors (Lipinski definition) is 12. The van der Waals surface area contributed by atoms with E-state index in [-0.39, 0.29) is 69.9 Å². The van der Waals surface area contributed by atoms with Crippen LogP contribution in [0.2, 0.25) is 0 Å². The zero-order chi connectivity index (χ0) is 51.1. The highest BCUT2D eigenvalue weighted by Gasteiger charge is 2.58. The van der Waals surface area contributed by atoms with Crippen molar-refractivity contribution in [1.29, 1.82) is 0 Å². The summed E-state index contributed by atoms with van der Waals surface area (Å²) in [5.74, 6) is -1.50. The smallest absolute Gasteiger partial charge is 0.262 e. The van der Waals surface area contributed by atoms with Crippen LogP contribution in [-0.2, 0) is 80.5 Å². The van der Waals surface area contributed by atoms with Crippen LogP contribution in [0, 0.1) is 0 Å². The molecule has 0 spiro atoms. The summed E-state index contributed by atoms with van der Waals surface area (Å²) in [4.78, 5) is 44.3. The lowest BCUT2D eigenvalue weighted by Gasteiger charge is -2.51. The first-order valence-corrected chi connectivity index (χ1v) is 25.0. The molecule has 384 valence electrons. The summed E-state index contributed by atoms with van der Waals surface area (Å²) in [5.41, 5.74) is 4.89. The quantitative estimate of drug-likeness (QED) is 0.0459. The molecule has 10 atom stereocenters. The molecule has 74 heavy (non-hydrogen) atoms. The number of nitrogens with zero attached hydrogens (tertiary/aromatic N) is 1. The molecule has 0 unspecified atom stereocenters. The Labute approximate surface area is 432 Å². The highest BCUT2D eigenvalue weighted by Crippen LogP contribution is 2.39. The highest BCUT2D eigenvalue weighted by atomic mass is 16.7. The number of rotatable bonds is 24. The Morgan fingerprint density at radius 2 is 0.919 bits per heavy atom. The van der Waals surface area contributed by atoms with Gasteiger partial charge in [-0.25, -0.2) is 0 Å². The zero-order valence-electron chi connectivity index (χ0n) is 41.3.